The molecule has 122 valence electrons. The fourth-order valence-electron chi connectivity index (χ4n) is 4.21. The van der Waals surface area contributed by atoms with Crippen molar-refractivity contribution in [3.05, 3.63) is 18.5 Å². The van der Waals surface area contributed by atoms with Gasteiger partial charge in [0.2, 0.25) is 0 Å². The predicted molar refractivity (Wildman–Crippen MR) is 89.8 cm³/mol. The van der Waals surface area contributed by atoms with Gasteiger partial charge in [0.25, 0.3) is 0 Å². The molecular weight excluding hydrogens is 274 g/mol. The molecule has 3 rings (SSSR count). The van der Waals surface area contributed by atoms with E-state index in [1.165, 1.54) is 32.1 Å². The second-order valence-electron chi connectivity index (χ2n) is 6.77. The van der Waals surface area contributed by atoms with Crippen molar-refractivity contribution in [1.82, 2.24) is 20.4 Å². The Morgan fingerprint density at radius 3 is 2.86 bits per heavy atom. The first-order valence-corrected chi connectivity index (χ1v) is 8.77. The van der Waals surface area contributed by atoms with Gasteiger partial charge in [-0.05, 0) is 55.9 Å². The Kier molecular flexibility index (Phi) is 5.35. The number of hydrogen-bond donors (Lipinski definition) is 2. The first-order chi connectivity index (χ1) is 10.8. The van der Waals surface area contributed by atoms with Crippen LogP contribution in [0.2, 0.25) is 0 Å². The number of hydrogen-bond acceptors (Lipinski definition) is 2. The van der Waals surface area contributed by atoms with Gasteiger partial charge in [-0.1, -0.05) is 6.42 Å². The van der Waals surface area contributed by atoms with E-state index in [1.54, 1.807) is 0 Å². The largest absolute Gasteiger partial charge is 0.356 e. The quantitative estimate of drug-likeness (QED) is 0.461. The van der Waals surface area contributed by atoms with Crippen molar-refractivity contribution in [1.29, 1.82) is 0 Å². The Morgan fingerprint density at radius 1 is 1.27 bits per heavy atom. The van der Waals surface area contributed by atoms with Gasteiger partial charge >= 0.3 is 0 Å². The third kappa shape index (κ3) is 4.02. The molecular formula is C17H29N5. The van der Waals surface area contributed by atoms with E-state index in [4.69, 9.17) is 0 Å². The first kappa shape index (κ1) is 15.4. The summed E-state index contributed by atoms with van der Waals surface area (Å²) in [5.41, 5.74) is 0. The summed E-state index contributed by atoms with van der Waals surface area (Å²) in [6.07, 6.45) is 12.1. The van der Waals surface area contributed by atoms with E-state index in [1.807, 2.05) is 30.2 Å². The zero-order valence-corrected chi connectivity index (χ0v) is 13.7. The summed E-state index contributed by atoms with van der Waals surface area (Å²) in [5, 5.41) is 11.1. The van der Waals surface area contributed by atoms with Crippen LogP contribution in [0, 0.1) is 17.8 Å². The third-order valence-corrected chi connectivity index (χ3v) is 5.33. The lowest BCUT2D eigenvalue weighted by Crippen LogP contribution is -2.39. The van der Waals surface area contributed by atoms with Gasteiger partial charge in [0, 0.05) is 39.1 Å². The van der Waals surface area contributed by atoms with Gasteiger partial charge in [0.05, 0.1) is 0 Å². The van der Waals surface area contributed by atoms with Crippen LogP contribution in [0.15, 0.2) is 23.5 Å². The number of guanidine groups is 1. The topological polar surface area (TPSA) is 54.2 Å². The zero-order valence-electron chi connectivity index (χ0n) is 13.7. The molecule has 0 aromatic carbocycles. The molecule has 2 N–H and O–H groups in total. The molecule has 22 heavy (non-hydrogen) atoms. The second kappa shape index (κ2) is 7.65. The van der Waals surface area contributed by atoms with Crippen LogP contribution in [0.25, 0.3) is 0 Å². The highest BCUT2D eigenvalue weighted by molar-refractivity contribution is 5.79. The number of rotatable bonds is 7. The van der Waals surface area contributed by atoms with Crippen LogP contribution in [0.1, 0.15) is 38.5 Å². The van der Waals surface area contributed by atoms with E-state index >= 15 is 0 Å². The van der Waals surface area contributed by atoms with Crippen LogP contribution >= 0.6 is 0 Å². The summed E-state index contributed by atoms with van der Waals surface area (Å²) in [7, 11) is 1.85. The summed E-state index contributed by atoms with van der Waals surface area (Å²) in [5.74, 6) is 3.97. The Hall–Kier alpha value is -1.52. The minimum atomic E-state index is 0.924. The standard InChI is InChI=1S/C17H29N5/c1-18-17(19-7-2-10-22-11-3-8-21-22)20-9-6-16-13-14-4-5-15(16)12-14/h3,8,11,14-16H,2,4-7,9-10,12-13H2,1H3,(H2,18,19,20). The molecule has 0 amide bonds. The van der Waals surface area contributed by atoms with Gasteiger partial charge < -0.3 is 10.6 Å². The number of aryl methyl sites for hydroxylation is 1. The molecule has 2 aliphatic carbocycles. The van der Waals surface area contributed by atoms with Crippen LogP contribution in [0.5, 0.6) is 0 Å². The van der Waals surface area contributed by atoms with E-state index in [0.717, 1.165) is 49.8 Å². The highest BCUT2D eigenvalue weighted by Gasteiger charge is 2.38. The lowest BCUT2D eigenvalue weighted by atomic mass is 9.86. The molecule has 0 spiro atoms. The molecule has 2 saturated carbocycles. The Bertz CT molecular complexity index is 467. The van der Waals surface area contributed by atoms with Gasteiger partial charge in [-0.15, -0.1) is 0 Å². The molecule has 2 bridgehead atoms. The summed E-state index contributed by atoms with van der Waals surface area (Å²) in [6.45, 7) is 2.92. The average molecular weight is 303 g/mol. The fourth-order valence-corrected chi connectivity index (χ4v) is 4.21. The minimum absolute atomic E-state index is 0.924. The van der Waals surface area contributed by atoms with Gasteiger partial charge in [0.15, 0.2) is 5.96 Å². The van der Waals surface area contributed by atoms with E-state index in [2.05, 4.69) is 20.7 Å². The number of nitrogens with one attached hydrogen (secondary N) is 2. The average Bonchev–Trinajstić information content (AvgIpc) is 3.26. The van der Waals surface area contributed by atoms with Crippen molar-refractivity contribution in [3.8, 4) is 0 Å². The summed E-state index contributed by atoms with van der Waals surface area (Å²) in [6, 6.07) is 1.96. The van der Waals surface area contributed by atoms with Crippen molar-refractivity contribution >= 4 is 5.96 Å². The predicted octanol–water partition coefficient (Wildman–Crippen LogP) is 2.26. The molecule has 1 aromatic heterocycles. The third-order valence-electron chi connectivity index (χ3n) is 5.33. The van der Waals surface area contributed by atoms with Gasteiger partial charge in [-0.3, -0.25) is 9.67 Å². The maximum absolute atomic E-state index is 4.31. The van der Waals surface area contributed by atoms with Crippen LogP contribution in [0.3, 0.4) is 0 Å². The number of aromatic nitrogens is 2. The number of nitrogens with zero attached hydrogens (tertiary/aromatic N) is 3. The summed E-state index contributed by atoms with van der Waals surface area (Å²) in [4.78, 5) is 4.31. The molecule has 5 heteroatoms. The summed E-state index contributed by atoms with van der Waals surface area (Å²) >= 11 is 0. The molecule has 2 aliphatic rings. The van der Waals surface area contributed by atoms with Gasteiger partial charge in [-0.2, -0.15) is 5.10 Å². The highest BCUT2D eigenvalue weighted by atomic mass is 15.3. The number of fused-ring (bicyclic) bond motifs is 2. The SMILES string of the molecule is CN=C(NCCCn1cccn1)NCCC1CC2CCC1C2. The maximum Gasteiger partial charge on any atom is 0.190 e. The monoisotopic (exact) mass is 303 g/mol. The van der Waals surface area contributed by atoms with Crippen molar-refractivity contribution in [2.45, 2.75) is 45.1 Å². The van der Waals surface area contributed by atoms with Gasteiger partial charge in [0.1, 0.15) is 0 Å². The molecule has 0 saturated heterocycles. The van der Waals surface area contributed by atoms with Crippen molar-refractivity contribution in [2.75, 3.05) is 20.1 Å². The molecule has 0 radical (unpaired) electrons. The van der Waals surface area contributed by atoms with Crippen LogP contribution in [-0.2, 0) is 6.54 Å². The Morgan fingerprint density at radius 2 is 2.18 bits per heavy atom. The van der Waals surface area contributed by atoms with E-state index in [-0.39, 0.29) is 0 Å². The Labute approximate surface area is 133 Å². The number of aliphatic imine (C=N–C) groups is 1. The molecule has 1 aromatic rings. The first-order valence-electron chi connectivity index (χ1n) is 8.77. The molecule has 3 atom stereocenters. The van der Waals surface area contributed by atoms with Crippen LogP contribution < -0.4 is 10.6 Å². The van der Waals surface area contributed by atoms with Crippen LogP contribution in [0.4, 0.5) is 0 Å². The minimum Gasteiger partial charge on any atom is -0.356 e. The van der Waals surface area contributed by atoms with Gasteiger partial charge in [-0.25, -0.2) is 0 Å². The van der Waals surface area contributed by atoms with E-state index < -0.39 is 0 Å². The molecule has 0 aliphatic heterocycles. The van der Waals surface area contributed by atoms with Crippen molar-refractivity contribution in [3.63, 3.8) is 0 Å². The molecule has 1 heterocycles. The highest BCUT2D eigenvalue weighted by Crippen LogP contribution is 2.49. The van der Waals surface area contributed by atoms with Crippen molar-refractivity contribution in [2.24, 2.45) is 22.7 Å². The Balaban J connectivity index is 1.27. The smallest absolute Gasteiger partial charge is 0.190 e. The lowest BCUT2D eigenvalue weighted by molar-refractivity contribution is 0.315. The second-order valence-corrected chi connectivity index (χ2v) is 6.77. The summed E-state index contributed by atoms with van der Waals surface area (Å²) < 4.78 is 1.97. The molecule has 3 unspecified atom stereocenters. The van der Waals surface area contributed by atoms with E-state index in [9.17, 15) is 0 Å². The molecule has 5 nitrogen and oxygen atoms in total. The molecule has 2 fully saturated rings. The maximum atomic E-state index is 4.31. The van der Waals surface area contributed by atoms with Crippen LogP contribution in [-0.4, -0.2) is 35.9 Å². The lowest BCUT2D eigenvalue weighted by Gasteiger charge is -2.22. The zero-order chi connectivity index (χ0) is 15.2. The normalized spacial score (nSPS) is 27.3. The van der Waals surface area contributed by atoms with Crippen molar-refractivity contribution < 1.29 is 0 Å². The van der Waals surface area contributed by atoms with E-state index in [0.29, 0.717) is 0 Å². The fraction of sp³-hybridized carbons (Fsp3) is 0.765.